The van der Waals surface area contributed by atoms with Crippen molar-refractivity contribution in [3.8, 4) is 5.75 Å². The highest BCUT2D eigenvalue weighted by Crippen LogP contribution is 2.23. The van der Waals surface area contributed by atoms with Crippen molar-refractivity contribution in [1.82, 2.24) is 19.9 Å². The van der Waals surface area contributed by atoms with Gasteiger partial charge in [-0.2, -0.15) is 0 Å². The van der Waals surface area contributed by atoms with Crippen LogP contribution in [0.3, 0.4) is 0 Å². The Hall–Kier alpha value is -3.03. The first kappa shape index (κ1) is 20.8. The van der Waals surface area contributed by atoms with Gasteiger partial charge in [-0.3, -0.25) is 14.1 Å². The van der Waals surface area contributed by atoms with E-state index in [2.05, 4.69) is 44.1 Å². The van der Waals surface area contributed by atoms with Crippen molar-refractivity contribution in [2.24, 2.45) is 0 Å². The lowest BCUT2D eigenvalue weighted by Gasteiger charge is -2.28. The second-order valence-electron chi connectivity index (χ2n) is 8.07. The molecular weight excluding hydrogens is 420 g/mol. The number of aromatic nitrogens is 3. The van der Waals surface area contributed by atoms with Crippen LogP contribution in [0.25, 0.3) is 11.0 Å². The van der Waals surface area contributed by atoms with E-state index in [0.29, 0.717) is 17.5 Å². The van der Waals surface area contributed by atoms with Gasteiger partial charge >= 0.3 is 0 Å². The van der Waals surface area contributed by atoms with Crippen molar-refractivity contribution in [2.75, 3.05) is 19.7 Å². The fourth-order valence-corrected chi connectivity index (χ4v) is 5.22. The van der Waals surface area contributed by atoms with E-state index in [1.54, 1.807) is 6.20 Å². The Balaban J connectivity index is 1.20. The van der Waals surface area contributed by atoms with Crippen LogP contribution in [0.4, 0.5) is 0 Å². The van der Waals surface area contributed by atoms with Crippen LogP contribution in [0, 0.1) is 6.92 Å². The predicted molar refractivity (Wildman–Crippen MR) is 126 cm³/mol. The number of ether oxygens (including phenoxy) is 1. The van der Waals surface area contributed by atoms with Crippen LogP contribution < -0.4 is 4.74 Å². The Morgan fingerprint density at radius 1 is 1.09 bits per heavy atom. The highest BCUT2D eigenvalue weighted by Gasteiger charge is 2.17. The lowest BCUT2D eigenvalue weighted by Crippen LogP contribution is -2.33. The zero-order valence-corrected chi connectivity index (χ0v) is 18.9. The number of nitrogens with one attached hydrogen (secondary N) is 1. The van der Waals surface area contributed by atoms with Crippen LogP contribution in [0.15, 0.2) is 66.0 Å². The largest absolute Gasteiger partial charge is 0.492 e. The van der Waals surface area contributed by atoms with Crippen molar-refractivity contribution in [2.45, 2.75) is 30.8 Å². The van der Waals surface area contributed by atoms with E-state index in [-0.39, 0.29) is 0 Å². The molecule has 0 amide bonds. The van der Waals surface area contributed by atoms with Crippen molar-refractivity contribution >= 4 is 21.8 Å². The first-order valence-electron chi connectivity index (χ1n) is 10.9. The molecule has 0 aliphatic carbocycles. The summed E-state index contributed by atoms with van der Waals surface area (Å²) in [5.74, 6) is 1.10. The van der Waals surface area contributed by atoms with Crippen LogP contribution in [-0.4, -0.2) is 43.8 Å². The quantitative estimate of drug-likeness (QED) is 0.464. The zero-order valence-electron chi connectivity index (χ0n) is 18.1. The van der Waals surface area contributed by atoms with Gasteiger partial charge in [0.2, 0.25) is 0 Å². The van der Waals surface area contributed by atoms with Crippen molar-refractivity contribution in [3.05, 3.63) is 83.2 Å². The molecule has 1 N–H and O–H groups in total. The smallest absolute Gasteiger partial charge is 0.197 e. The molecule has 0 saturated heterocycles. The van der Waals surface area contributed by atoms with Crippen LogP contribution in [0.5, 0.6) is 5.75 Å². The van der Waals surface area contributed by atoms with Gasteiger partial charge in [-0.1, -0.05) is 36.4 Å². The minimum atomic E-state index is -1.31. The molecule has 0 bridgehead atoms. The van der Waals surface area contributed by atoms with Crippen molar-refractivity contribution in [3.63, 3.8) is 0 Å². The SMILES string of the molecule is Cc1c(OCCN2CCc3ccccc3C2)ccnc1CS(=O)c1nc2ccccc2[nH]1. The summed E-state index contributed by atoms with van der Waals surface area (Å²) in [5.41, 5.74) is 6.27. The third-order valence-electron chi connectivity index (χ3n) is 5.98. The Bertz CT molecular complexity index is 1240. The topological polar surface area (TPSA) is 71.1 Å². The molecule has 3 heterocycles. The maximum Gasteiger partial charge on any atom is 0.197 e. The van der Waals surface area contributed by atoms with Crippen molar-refractivity contribution in [1.29, 1.82) is 0 Å². The summed E-state index contributed by atoms with van der Waals surface area (Å²) >= 11 is 0. The minimum Gasteiger partial charge on any atom is -0.492 e. The monoisotopic (exact) mass is 446 g/mol. The molecule has 0 saturated carbocycles. The third kappa shape index (κ3) is 4.45. The molecule has 0 fully saturated rings. The zero-order chi connectivity index (χ0) is 21.9. The number of pyridine rings is 1. The Labute approximate surface area is 190 Å². The number of imidazole rings is 1. The van der Waals surface area contributed by atoms with E-state index in [9.17, 15) is 4.21 Å². The molecule has 4 aromatic rings. The Morgan fingerprint density at radius 3 is 2.78 bits per heavy atom. The molecule has 1 aliphatic heterocycles. The summed E-state index contributed by atoms with van der Waals surface area (Å²) < 4.78 is 19.0. The van der Waals surface area contributed by atoms with Gasteiger partial charge in [-0.05, 0) is 42.7 Å². The van der Waals surface area contributed by atoms with E-state index < -0.39 is 10.8 Å². The number of benzene rings is 2. The summed E-state index contributed by atoms with van der Waals surface area (Å²) in [6.07, 6.45) is 2.81. The van der Waals surface area contributed by atoms with Gasteiger partial charge in [0.1, 0.15) is 12.4 Å². The first-order chi connectivity index (χ1) is 15.7. The van der Waals surface area contributed by atoms with Gasteiger partial charge in [-0.15, -0.1) is 0 Å². The standard InChI is InChI=1S/C25H26N4O2S/c1-18-23(17-32(30)25-27-21-8-4-5-9-22(21)28-25)26-12-10-24(18)31-15-14-29-13-11-19-6-2-3-7-20(19)16-29/h2-10,12H,11,13-17H2,1H3,(H,27,28). The van der Waals surface area contributed by atoms with Crippen LogP contribution in [0.2, 0.25) is 0 Å². The summed E-state index contributed by atoms with van der Waals surface area (Å²) in [6, 6.07) is 18.2. The van der Waals surface area contributed by atoms with Gasteiger partial charge in [0.05, 0.1) is 33.3 Å². The van der Waals surface area contributed by atoms with E-state index >= 15 is 0 Å². The second kappa shape index (κ2) is 9.22. The fourth-order valence-electron chi connectivity index (χ4n) is 4.12. The van der Waals surface area contributed by atoms with Gasteiger partial charge in [0, 0.05) is 31.4 Å². The maximum atomic E-state index is 12.9. The van der Waals surface area contributed by atoms with E-state index in [0.717, 1.165) is 54.1 Å². The van der Waals surface area contributed by atoms with Gasteiger partial charge in [-0.25, -0.2) is 4.98 Å². The molecule has 1 unspecified atom stereocenters. The highest BCUT2D eigenvalue weighted by molar-refractivity contribution is 7.84. The number of aromatic amines is 1. The molecule has 0 radical (unpaired) electrons. The molecule has 5 rings (SSSR count). The number of rotatable bonds is 7. The number of H-pyrrole nitrogens is 1. The van der Waals surface area contributed by atoms with Crippen LogP contribution >= 0.6 is 0 Å². The summed E-state index contributed by atoms with van der Waals surface area (Å²) in [7, 11) is -1.31. The Morgan fingerprint density at radius 2 is 1.91 bits per heavy atom. The fraction of sp³-hybridized carbons (Fsp3) is 0.280. The molecule has 2 aromatic heterocycles. The number of fused-ring (bicyclic) bond motifs is 2. The van der Waals surface area contributed by atoms with Crippen LogP contribution in [0.1, 0.15) is 22.4 Å². The molecular formula is C25H26N4O2S. The summed E-state index contributed by atoms with van der Waals surface area (Å²) in [5, 5.41) is 0.476. The van der Waals surface area contributed by atoms with E-state index in [1.807, 2.05) is 37.3 Å². The molecule has 164 valence electrons. The van der Waals surface area contributed by atoms with Crippen molar-refractivity contribution < 1.29 is 8.95 Å². The number of hydrogen-bond donors (Lipinski definition) is 1. The van der Waals surface area contributed by atoms with E-state index in [4.69, 9.17) is 4.74 Å². The highest BCUT2D eigenvalue weighted by atomic mass is 32.2. The van der Waals surface area contributed by atoms with Gasteiger partial charge < -0.3 is 9.72 Å². The average molecular weight is 447 g/mol. The molecule has 1 atom stereocenters. The molecule has 6 nitrogen and oxygen atoms in total. The molecule has 1 aliphatic rings. The van der Waals surface area contributed by atoms with Gasteiger partial charge in [0.15, 0.2) is 5.16 Å². The predicted octanol–water partition coefficient (Wildman–Crippen LogP) is 4.01. The maximum absolute atomic E-state index is 12.9. The minimum absolute atomic E-state index is 0.297. The number of para-hydroxylation sites is 2. The molecule has 2 aromatic carbocycles. The van der Waals surface area contributed by atoms with Gasteiger partial charge in [0.25, 0.3) is 0 Å². The average Bonchev–Trinajstić information content (AvgIpc) is 3.26. The lowest BCUT2D eigenvalue weighted by molar-refractivity contribution is 0.195. The van der Waals surface area contributed by atoms with Crippen LogP contribution in [-0.2, 0) is 29.5 Å². The molecule has 7 heteroatoms. The summed E-state index contributed by atoms with van der Waals surface area (Å²) in [6.45, 7) is 5.48. The summed E-state index contributed by atoms with van der Waals surface area (Å²) in [4.78, 5) is 14.5. The molecule has 32 heavy (non-hydrogen) atoms. The lowest BCUT2D eigenvalue weighted by atomic mass is 10.0. The third-order valence-corrected chi connectivity index (χ3v) is 7.14. The first-order valence-corrected chi connectivity index (χ1v) is 12.2. The molecule has 0 spiro atoms. The Kier molecular flexibility index (Phi) is 6.01. The number of nitrogens with zero attached hydrogens (tertiary/aromatic N) is 3. The second-order valence-corrected chi connectivity index (χ2v) is 9.44. The number of hydrogen-bond acceptors (Lipinski definition) is 5. The van der Waals surface area contributed by atoms with E-state index in [1.165, 1.54) is 11.1 Å². The normalized spacial score (nSPS) is 14.9.